The molecule has 0 unspecified atom stereocenters. The average molecular weight is 307 g/mol. The van der Waals surface area contributed by atoms with Crippen molar-refractivity contribution in [1.29, 1.82) is 0 Å². The monoisotopic (exact) mass is 306 g/mol. The maximum atomic E-state index is 12.3. The molecule has 0 saturated heterocycles. The van der Waals surface area contributed by atoms with Crippen LogP contribution < -0.4 is 0 Å². The third kappa shape index (κ3) is 3.62. The first-order chi connectivity index (χ1) is 9.61. The van der Waals surface area contributed by atoms with Crippen molar-refractivity contribution in [2.75, 3.05) is 0 Å². The Labute approximate surface area is 129 Å². The Morgan fingerprint density at radius 2 is 1.60 bits per heavy atom. The number of hydrogen-bond acceptors (Lipinski definition) is 1. The normalized spacial score (nSPS) is 10.6. The number of Topliss-reactive ketones (excluding diaryl/α,β-unsaturated/α-hetero) is 1. The zero-order valence-electron chi connectivity index (χ0n) is 11.3. The van der Waals surface area contributed by atoms with Gasteiger partial charge in [0.1, 0.15) is 0 Å². The molecule has 104 valence electrons. The van der Waals surface area contributed by atoms with E-state index in [9.17, 15) is 4.79 Å². The van der Waals surface area contributed by atoms with Crippen molar-refractivity contribution in [3.8, 4) is 0 Å². The molecule has 0 aliphatic rings. The summed E-state index contributed by atoms with van der Waals surface area (Å²) in [7, 11) is 0. The van der Waals surface area contributed by atoms with Gasteiger partial charge in [-0.15, -0.1) is 0 Å². The van der Waals surface area contributed by atoms with Crippen LogP contribution in [0.1, 0.15) is 34.8 Å². The Morgan fingerprint density at radius 3 is 2.15 bits per heavy atom. The largest absolute Gasteiger partial charge is 0.294 e. The Kier molecular flexibility index (Phi) is 5.22. The molecule has 0 heterocycles. The first kappa shape index (κ1) is 15.1. The zero-order chi connectivity index (χ0) is 14.5. The standard InChI is InChI=1S/C17H16Cl2O/c1-2-4-12-7-9-13(10-8-12)17(20)11-14-15(18)5-3-6-16(14)19/h3,5-10H,2,4,11H2,1H3. The summed E-state index contributed by atoms with van der Waals surface area (Å²) in [6.45, 7) is 2.14. The molecule has 0 aromatic heterocycles. The maximum Gasteiger partial charge on any atom is 0.167 e. The summed E-state index contributed by atoms with van der Waals surface area (Å²) in [6.07, 6.45) is 2.36. The van der Waals surface area contributed by atoms with Crippen LogP contribution in [0.3, 0.4) is 0 Å². The lowest BCUT2D eigenvalue weighted by atomic mass is 10.0. The summed E-state index contributed by atoms with van der Waals surface area (Å²) in [5.74, 6) is 0.0306. The van der Waals surface area contributed by atoms with Gasteiger partial charge in [-0.05, 0) is 29.7 Å². The van der Waals surface area contributed by atoms with E-state index >= 15 is 0 Å². The predicted molar refractivity (Wildman–Crippen MR) is 84.9 cm³/mol. The molecule has 0 fully saturated rings. The highest BCUT2D eigenvalue weighted by atomic mass is 35.5. The van der Waals surface area contributed by atoms with Crippen molar-refractivity contribution in [2.24, 2.45) is 0 Å². The van der Waals surface area contributed by atoms with E-state index < -0.39 is 0 Å². The summed E-state index contributed by atoms with van der Waals surface area (Å²) in [4.78, 5) is 12.3. The number of rotatable bonds is 5. The van der Waals surface area contributed by atoms with E-state index in [2.05, 4.69) is 6.92 Å². The Balaban J connectivity index is 2.16. The van der Waals surface area contributed by atoms with E-state index in [0.29, 0.717) is 21.2 Å². The lowest BCUT2D eigenvalue weighted by molar-refractivity contribution is 0.0993. The third-order valence-electron chi connectivity index (χ3n) is 3.21. The number of carbonyl (C=O) groups excluding carboxylic acids is 1. The topological polar surface area (TPSA) is 17.1 Å². The van der Waals surface area contributed by atoms with Crippen molar-refractivity contribution in [2.45, 2.75) is 26.2 Å². The van der Waals surface area contributed by atoms with Crippen LogP contribution in [0.2, 0.25) is 10.0 Å². The van der Waals surface area contributed by atoms with Gasteiger partial charge in [-0.1, -0.05) is 66.9 Å². The average Bonchev–Trinajstić information content (AvgIpc) is 2.44. The van der Waals surface area contributed by atoms with Gasteiger partial charge >= 0.3 is 0 Å². The Hall–Kier alpha value is -1.31. The van der Waals surface area contributed by atoms with Crippen molar-refractivity contribution >= 4 is 29.0 Å². The smallest absolute Gasteiger partial charge is 0.167 e. The lowest BCUT2D eigenvalue weighted by Crippen LogP contribution is -2.04. The summed E-state index contributed by atoms with van der Waals surface area (Å²) < 4.78 is 0. The van der Waals surface area contributed by atoms with E-state index in [1.807, 2.05) is 24.3 Å². The Bertz CT molecular complexity index is 583. The van der Waals surface area contributed by atoms with Crippen molar-refractivity contribution < 1.29 is 4.79 Å². The molecule has 0 saturated carbocycles. The van der Waals surface area contributed by atoms with E-state index in [1.165, 1.54) is 5.56 Å². The fraction of sp³-hybridized carbons (Fsp3) is 0.235. The molecule has 1 nitrogen and oxygen atoms in total. The van der Waals surface area contributed by atoms with Crippen LogP contribution in [0.25, 0.3) is 0 Å². The van der Waals surface area contributed by atoms with Gasteiger partial charge in [0.2, 0.25) is 0 Å². The van der Waals surface area contributed by atoms with Gasteiger partial charge < -0.3 is 0 Å². The van der Waals surface area contributed by atoms with Crippen molar-refractivity contribution in [1.82, 2.24) is 0 Å². The molecule has 2 aromatic carbocycles. The number of carbonyl (C=O) groups is 1. The van der Waals surface area contributed by atoms with Gasteiger partial charge in [0, 0.05) is 22.0 Å². The van der Waals surface area contributed by atoms with Crippen molar-refractivity contribution in [3.63, 3.8) is 0 Å². The molecule has 0 aliphatic heterocycles. The van der Waals surface area contributed by atoms with Gasteiger partial charge in [-0.2, -0.15) is 0 Å². The van der Waals surface area contributed by atoms with Gasteiger partial charge in [-0.25, -0.2) is 0 Å². The second kappa shape index (κ2) is 6.92. The fourth-order valence-corrected chi connectivity index (χ4v) is 2.64. The van der Waals surface area contributed by atoms with Crippen LogP contribution in [0.15, 0.2) is 42.5 Å². The first-order valence-electron chi connectivity index (χ1n) is 6.67. The molecule has 20 heavy (non-hydrogen) atoms. The molecule has 3 heteroatoms. The van der Waals surface area contributed by atoms with Gasteiger partial charge in [0.05, 0.1) is 0 Å². The number of ketones is 1. The van der Waals surface area contributed by atoms with Crippen LogP contribution in [0, 0.1) is 0 Å². The van der Waals surface area contributed by atoms with E-state index in [4.69, 9.17) is 23.2 Å². The second-order valence-corrected chi connectivity index (χ2v) is 5.56. The SMILES string of the molecule is CCCc1ccc(C(=O)Cc2c(Cl)cccc2Cl)cc1. The van der Waals surface area contributed by atoms with Gasteiger partial charge in [-0.3, -0.25) is 4.79 Å². The number of aryl methyl sites for hydroxylation is 1. The number of hydrogen-bond donors (Lipinski definition) is 0. The summed E-state index contributed by atoms with van der Waals surface area (Å²) in [5.41, 5.74) is 2.64. The van der Waals surface area contributed by atoms with Crippen LogP contribution >= 0.6 is 23.2 Å². The second-order valence-electron chi connectivity index (χ2n) is 4.75. The molecule has 0 radical (unpaired) electrons. The van der Waals surface area contributed by atoms with Crippen LogP contribution in [0.5, 0.6) is 0 Å². The molecule has 0 spiro atoms. The summed E-state index contributed by atoms with van der Waals surface area (Å²) in [6, 6.07) is 13.0. The summed E-state index contributed by atoms with van der Waals surface area (Å²) in [5, 5.41) is 1.07. The fourth-order valence-electron chi connectivity index (χ4n) is 2.11. The van der Waals surface area contributed by atoms with Crippen LogP contribution in [0.4, 0.5) is 0 Å². The Morgan fingerprint density at radius 1 is 1.00 bits per heavy atom. The highest BCUT2D eigenvalue weighted by molar-refractivity contribution is 6.36. The van der Waals surface area contributed by atoms with Gasteiger partial charge in [0.15, 0.2) is 5.78 Å². The first-order valence-corrected chi connectivity index (χ1v) is 7.42. The molecule has 0 bridgehead atoms. The summed E-state index contributed by atoms with van der Waals surface area (Å²) >= 11 is 12.2. The minimum absolute atomic E-state index is 0.0306. The molecule has 0 amide bonds. The molecule has 2 aromatic rings. The van der Waals surface area contributed by atoms with E-state index in [1.54, 1.807) is 18.2 Å². The molecular formula is C17H16Cl2O. The van der Waals surface area contributed by atoms with Crippen LogP contribution in [-0.2, 0) is 12.8 Å². The minimum atomic E-state index is 0.0306. The lowest BCUT2D eigenvalue weighted by Gasteiger charge is -2.07. The minimum Gasteiger partial charge on any atom is -0.294 e. The molecule has 0 N–H and O–H groups in total. The quantitative estimate of drug-likeness (QED) is 0.679. The molecule has 2 rings (SSSR count). The van der Waals surface area contributed by atoms with E-state index in [0.717, 1.165) is 12.8 Å². The highest BCUT2D eigenvalue weighted by Crippen LogP contribution is 2.25. The highest BCUT2D eigenvalue weighted by Gasteiger charge is 2.12. The molecule has 0 aliphatic carbocycles. The van der Waals surface area contributed by atoms with Crippen LogP contribution in [-0.4, -0.2) is 5.78 Å². The van der Waals surface area contributed by atoms with Crippen molar-refractivity contribution in [3.05, 3.63) is 69.2 Å². The molecule has 0 atom stereocenters. The number of benzene rings is 2. The predicted octanol–water partition coefficient (Wildman–Crippen LogP) is 5.37. The number of halogens is 2. The van der Waals surface area contributed by atoms with E-state index in [-0.39, 0.29) is 12.2 Å². The zero-order valence-corrected chi connectivity index (χ0v) is 12.8. The third-order valence-corrected chi connectivity index (χ3v) is 3.92. The molecular weight excluding hydrogens is 291 g/mol. The van der Waals surface area contributed by atoms with Gasteiger partial charge in [0.25, 0.3) is 0 Å². The maximum absolute atomic E-state index is 12.3.